The Hall–Kier alpha value is -0.610. The van der Waals surface area contributed by atoms with Crippen LogP contribution in [0.3, 0.4) is 0 Å². The molecule has 0 atom stereocenters. The average Bonchev–Trinajstić information content (AvgIpc) is 1.87. The van der Waals surface area contributed by atoms with Crippen molar-refractivity contribution in [2.45, 2.75) is 6.92 Å². The van der Waals surface area contributed by atoms with Crippen LogP contribution in [-0.4, -0.2) is 31.1 Å². The van der Waals surface area contributed by atoms with Crippen LogP contribution in [0.1, 0.15) is 6.92 Å². The third kappa shape index (κ3) is 3.05. The molecule has 0 spiro atoms. The summed E-state index contributed by atoms with van der Waals surface area (Å²) in [6.45, 7) is 2.69. The number of hydrazine groups is 1. The van der Waals surface area contributed by atoms with Gasteiger partial charge in [0.25, 0.3) is 0 Å². The molecule has 0 saturated carbocycles. The molecule has 3 N–H and O–H groups in total. The molecule has 0 aromatic carbocycles. The third-order valence-corrected chi connectivity index (χ3v) is 0.989. The molecule has 0 saturated heterocycles. The quantitative estimate of drug-likeness (QED) is 0.291. The van der Waals surface area contributed by atoms with Crippen molar-refractivity contribution in [3.63, 3.8) is 0 Å². The van der Waals surface area contributed by atoms with E-state index in [4.69, 9.17) is 5.84 Å². The van der Waals surface area contributed by atoms with E-state index in [1.54, 1.807) is 7.05 Å². The summed E-state index contributed by atoms with van der Waals surface area (Å²) in [4.78, 5) is 10.7. The van der Waals surface area contributed by atoms with Crippen LogP contribution in [0.5, 0.6) is 0 Å². The molecule has 9 heavy (non-hydrogen) atoms. The van der Waals surface area contributed by atoms with Crippen LogP contribution in [0.25, 0.3) is 0 Å². The number of nitrogens with one attached hydrogen (secondary N) is 1. The van der Waals surface area contributed by atoms with Gasteiger partial charge in [-0.05, 0) is 14.0 Å². The molecule has 0 bridgehead atoms. The van der Waals surface area contributed by atoms with Gasteiger partial charge in [-0.2, -0.15) is 0 Å². The maximum atomic E-state index is 10.7. The molecule has 0 unspecified atom stereocenters. The van der Waals surface area contributed by atoms with Gasteiger partial charge in [0.2, 0.25) is 5.91 Å². The van der Waals surface area contributed by atoms with E-state index in [2.05, 4.69) is 5.32 Å². The van der Waals surface area contributed by atoms with E-state index >= 15 is 0 Å². The molecule has 1 amide bonds. The maximum Gasteiger partial charge on any atom is 0.250 e. The van der Waals surface area contributed by atoms with Gasteiger partial charge in [-0.25, -0.2) is 5.84 Å². The molecular formula is C5H13N3O. The Kier molecular flexibility index (Phi) is 4.00. The van der Waals surface area contributed by atoms with Crippen molar-refractivity contribution in [2.24, 2.45) is 5.84 Å². The van der Waals surface area contributed by atoms with Crippen molar-refractivity contribution in [3.8, 4) is 0 Å². The van der Waals surface area contributed by atoms with Gasteiger partial charge in [0.05, 0.1) is 6.54 Å². The molecule has 0 aliphatic heterocycles. The van der Waals surface area contributed by atoms with Crippen LogP contribution >= 0.6 is 0 Å². The highest BCUT2D eigenvalue weighted by atomic mass is 16.2. The van der Waals surface area contributed by atoms with Crippen LogP contribution in [0.2, 0.25) is 0 Å². The van der Waals surface area contributed by atoms with Gasteiger partial charge in [-0.3, -0.25) is 9.80 Å². The lowest BCUT2D eigenvalue weighted by molar-refractivity contribution is -0.130. The highest BCUT2D eigenvalue weighted by Crippen LogP contribution is 1.75. The van der Waals surface area contributed by atoms with E-state index in [0.29, 0.717) is 13.1 Å². The molecule has 4 heteroatoms. The molecular weight excluding hydrogens is 118 g/mol. The SMILES string of the molecule is CCN(N)C(=O)CNC. The topological polar surface area (TPSA) is 58.4 Å². The lowest BCUT2D eigenvalue weighted by atomic mass is 10.5. The summed E-state index contributed by atoms with van der Waals surface area (Å²) in [6.07, 6.45) is 0. The highest BCUT2D eigenvalue weighted by Gasteiger charge is 2.02. The Morgan fingerprint density at radius 3 is 2.67 bits per heavy atom. The van der Waals surface area contributed by atoms with E-state index in [0.717, 1.165) is 0 Å². The standard InChI is InChI=1S/C5H13N3O/c1-3-8(6)5(9)4-7-2/h7H,3-4,6H2,1-2H3. The monoisotopic (exact) mass is 131 g/mol. The number of nitrogens with two attached hydrogens (primary N) is 1. The van der Waals surface area contributed by atoms with Crippen molar-refractivity contribution < 1.29 is 4.79 Å². The number of likely N-dealkylation sites (N-methyl/N-ethyl adjacent to an activating group) is 2. The highest BCUT2D eigenvalue weighted by molar-refractivity contribution is 5.77. The van der Waals surface area contributed by atoms with Crippen molar-refractivity contribution in [1.82, 2.24) is 10.3 Å². The first-order valence-corrected chi connectivity index (χ1v) is 2.92. The Balaban J connectivity index is 3.46. The third-order valence-electron chi connectivity index (χ3n) is 0.989. The minimum Gasteiger partial charge on any atom is -0.311 e. The van der Waals surface area contributed by atoms with E-state index in [9.17, 15) is 4.79 Å². The Morgan fingerprint density at radius 2 is 2.33 bits per heavy atom. The first-order valence-electron chi connectivity index (χ1n) is 2.92. The van der Waals surface area contributed by atoms with Crippen molar-refractivity contribution in [2.75, 3.05) is 20.1 Å². The second-order valence-corrected chi connectivity index (χ2v) is 1.71. The lowest BCUT2D eigenvalue weighted by Crippen LogP contribution is -2.41. The molecule has 0 radical (unpaired) electrons. The fourth-order valence-electron chi connectivity index (χ4n) is 0.429. The summed E-state index contributed by atoms with van der Waals surface area (Å²) in [7, 11) is 1.71. The van der Waals surface area contributed by atoms with Crippen LogP contribution in [0, 0.1) is 0 Å². The number of hydrogen-bond donors (Lipinski definition) is 2. The first-order chi connectivity index (χ1) is 4.22. The zero-order chi connectivity index (χ0) is 7.28. The Morgan fingerprint density at radius 1 is 1.78 bits per heavy atom. The zero-order valence-electron chi connectivity index (χ0n) is 5.85. The van der Waals surface area contributed by atoms with Gasteiger partial charge in [0.15, 0.2) is 0 Å². The van der Waals surface area contributed by atoms with E-state index < -0.39 is 0 Å². The maximum absolute atomic E-state index is 10.7. The molecule has 0 aliphatic rings. The summed E-state index contributed by atoms with van der Waals surface area (Å²) >= 11 is 0. The minimum atomic E-state index is -0.0833. The number of amides is 1. The number of nitrogens with zero attached hydrogens (tertiary/aromatic N) is 1. The van der Waals surface area contributed by atoms with Gasteiger partial charge in [-0.1, -0.05) is 0 Å². The van der Waals surface area contributed by atoms with Crippen LogP contribution in [0.4, 0.5) is 0 Å². The lowest BCUT2D eigenvalue weighted by Gasteiger charge is -2.12. The summed E-state index contributed by atoms with van der Waals surface area (Å²) in [6, 6.07) is 0. The number of carbonyl (C=O) groups excluding carboxylic acids is 1. The molecule has 0 rings (SSSR count). The fraction of sp³-hybridized carbons (Fsp3) is 0.800. The van der Waals surface area contributed by atoms with Crippen LogP contribution in [0.15, 0.2) is 0 Å². The van der Waals surface area contributed by atoms with Crippen molar-refractivity contribution >= 4 is 5.91 Å². The fourth-order valence-corrected chi connectivity index (χ4v) is 0.429. The van der Waals surface area contributed by atoms with Gasteiger partial charge < -0.3 is 5.32 Å². The molecule has 4 nitrogen and oxygen atoms in total. The zero-order valence-corrected chi connectivity index (χ0v) is 5.85. The largest absolute Gasteiger partial charge is 0.311 e. The van der Waals surface area contributed by atoms with Crippen molar-refractivity contribution in [3.05, 3.63) is 0 Å². The summed E-state index contributed by atoms with van der Waals surface area (Å²) in [5.41, 5.74) is 0. The van der Waals surface area contributed by atoms with Crippen molar-refractivity contribution in [1.29, 1.82) is 0 Å². The van der Waals surface area contributed by atoms with Gasteiger partial charge in [0.1, 0.15) is 0 Å². The average molecular weight is 131 g/mol. The Bertz CT molecular complexity index is 94.2. The number of hydrogen-bond acceptors (Lipinski definition) is 3. The van der Waals surface area contributed by atoms with E-state index in [1.165, 1.54) is 5.01 Å². The van der Waals surface area contributed by atoms with Gasteiger partial charge in [-0.15, -0.1) is 0 Å². The van der Waals surface area contributed by atoms with Gasteiger partial charge >= 0.3 is 0 Å². The predicted molar refractivity (Wildman–Crippen MR) is 35.5 cm³/mol. The molecule has 54 valence electrons. The molecule has 0 aromatic heterocycles. The summed E-state index contributed by atoms with van der Waals surface area (Å²) < 4.78 is 0. The second-order valence-electron chi connectivity index (χ2n) is 1.71. The van der Waals surface area contributed by atoms with E-state index in [-0.39, 0.29) is 5.91 Å². The number of rotatable bonds is 3. The van der Waals surface area contributed by atoms with Gasteiger partial charge in [0, 0.05) is 6.54 Å². The molecule has 0 aromatic rings. The summed E-state index contributed by atoms with van der Waals surface area (Å²) in [5.74, 6) is 5.16. The normalized spacial score (nSPS) is 9.22. The molecule has 0 fully saturated rings. The second kappa shape index (κ2) is 4.29. The van der Waals surface area contributed by atoms with E-state index in [1.807, 2.05) is 6.92 Å². The Labute approximate surface area is 55.0 Å². The molecule has 0 heterocycles. The summed E-state index contributed by atoms with van der Waals surface area (Å²) in [5, 5.41) is 3.89. The smallest absolute Gasteiger partial charge is 0.250 e. The van der Waals surface area contributed by atoms with Crippen LogP contribution < -0.4 is 11.2 Å². The minimum absolute atomic E-state index is 0.0833. The first kappa shape index (κ1) is 8.39. The predicted octanol–water partition coefficient (Wildman–Crippen LogP) is -1.07. The number of carbonyl (C=O) groups is 1. The molecule has 0 aliphatic carbocycles. The van der Waals surface area contributed by atoms with Crippen LogP contribution in [-0.2, 0) is 4.79 Å².